The van der Waals surface area contributed by atoms with Crippen LogP contribution in [0.1, 0.15) is 16.2 Å². The lowest BCUT2D eigenvalue weighted by Gasteiger charge is -2.15. The molecule has 3 rings (SSSR count). The zero-order valence-electron chi connectivity index (χ0n) is 17.1. The van der Waals surface area contributed by atoms with Crippen LogP contribution < -0.4 is 14.2 Å². The van der Waals surface area contributed by atoms with Gasteiger partial charge in [0.05, 0.1) is 20.8 Å². The van der Waals surface area contributed by atoms with E-state index in [1.165, 1.54) is 4.90 Å². The van der Waals surface area contributed by atoms with Crippen molar-refractivity contribution in [1.29, 1.82) is 0 Å². The van der Waals surface area contributed by atoms with Gasteiger partial charge in [0.1, 0.15) is 12.4 Å². The number of rotatable bonds is 9. The lowest BCUT2D eigenvalue weighted by atomic mass is 10.2. The highest BCUT2D eigenvalue weighted by atomic mass is 16.5. The van der Waals surface area contributed by atoms with E-state index in [2.05, 4.69) is 16.8 Å². The average Bonchev–Trinajstić information content (AvgIpc) is 3.25. The van der Waals surface area contributed by atoms with Gasteiger partial charge in [-0.2, -0.15) is 0 Å². The van der Waals surface area contributed by atoms with Gasteiger partial charge >= 0.3 is 0 Å². The molecule has 8 nitrogen and oxygen atoms in total. The number of hydrogen-bond acceptors (Lipinski definition) is 7. The van der Waals surface area contributed by atoms with Crippen molar-refractivity contribution in [2.75, 3.05) is 27.9 Å². The summed E-state index contributed by atoms with van der Waals surface area (Å²) >= 11 is 0. The zero-order chi connectivity index (χ0) is 21.5. The highest BCUT2D eigenvalue weighted by Gasteiger charge is 2.17. The second-order valence-electron chi connectivity index (χ2n) is 6.36. The molecule has 0 radical (unpaired) electrons. The van der Waals surface area contributed by atoms with Crippen LogP contribution in [0.25, 0.3) is 11.5 Å². The Morgan fingerprint density at radius 2 is 1.83 bits per heavy atom. The second kappa shape index (κ2) is 9.60. The van der Waals surface area contributed by atoms with Crippen molar-refractivity contribution < 1.29 is 23.4 Å². The number of carbonyl (C=O) groups is 1. The highest BCUT2D eigenvalue weighted by molar-refractivity contribution is 5.94. The Labute approximate surface area is 174 Å². The molecule has 0 unspecified atom stereocenters. The molecular weight excluding hydrogens is 386 g/mol. The topological polar surface area (TPSA) is 86.9 Å². The number of methoxy groups -OCH3 is 2. The molecule has 0 saturated carbocycles. The second-order valence-corrected chi connectivity index (χ2v) is 6.36. The van der Waals surface area contributed by atoms with Gasteiger partial charge in [0, 0.05) is 18.2 Å². The van der Waals surface area contributed by atoms with Gasteiger partial charge in [-0.15, -0.1) is 10.2 Å². The first kappa shape index (κ1) is 20.9. The molecule has 1 heterocycles. The van der Waals surface area contributed by atoms with Gasteiger partial charge in [-0.05, 0) is 42.5 Å². The molecule has 0 bridgehead atoms. The van der Waals surface area contributed by atoms with Crippen LogP contribution in [0.3, 0.4) is 0 Å². The SMILES string of the molecule is C=CCOc1ccc(C(=O)N(C)Cc2nnc(-c3ccc(OC)c(OC)c3)o2)cc1. The van der Waals surface area contributed by atoms with E-state index in [0.29, 0.717) is 46.8 Å². The van der Waals surface area contributed by atoms with E-state index in [9.17, 15) is 4.79 Å². The minimum absolute atomic E-state index is 0.170. The summed E-state index contributed by atoms with van der Waals surface area (Å²) in [6.07, 6.45) is 1.66. The highest BCUT2D eigenvalue weighted by Crippen LogP contribution is 2.31. The van der Waals surface area contributed by atoms with Crippen LogP contribution in [0, 0.1) is 0 Å². The Morgan fingerprint density at radius 1 is 1.10 bits per heavy atom. The van der Waals surface area contributed by atoms with Crippen LogP contribution in [-0.4, -0.2) is 48.9 Å². The van der Waals surface area contributed by atoms with Crippen LogP contribution in [0.5, 0.6) is 17.2 Å². The van der Waals surface area contributed by atoms with Crippen LogP contribution in [0.15, 0.2) is 59.5 Å². The number of ether oxygens (including phenoxy) is 3. The summed E-state index contributed by atoms with van der Waals surface area (Å²) in [4.78, 5) is 14.2. The molecule has 1 amide bonds. The molecule has 156 valence electrons. The molecule has 8 heteroatoms. The summed E-state index contributed by atoms with van der Waals surface area (Å²) in [6.45, 7) is 4.19. The Morgan fingerprint density at radius 3 is 2.50 bits per heavy atom. The van der Waals surface area contributed by atoms with Crippen molar-refractivity contribution in [1.82, 2.24) is 15.1 Å². The fourth-order valence-electron chi connectivity index (χ4n) is 2.75. The predicted molar refractivity (Wildman–Crippen MR) is 111 cm³/mol. The Kier molecular flexibility index (Phi) is 6.69. The van der Waals surface area contributed by atoms with E-state index in [1.807, 2.05) is 0 Å². The van der Waals surface area contributed by atoms with E-state index >= 15 is 0 Å². The van der Waals surface area contributed by atoms with Crippen LogP contribution in [0.2, 0.25) is 0 Å². The molecule has 0 fully saturated rings. The lowest BCUT2D eigenvalue weighted by Crippen LogP contribution is -2.26. The third-order valence-corrected chi connectivity index (χ3v) is 4.29. The van der Waals surface area contributed by atoms with Crippen molar-refractivity contribution in [3.8, 4) is 28.7 Å². The number of amides is 1. The summed E-state index contributed by atoms with van der Waals surface area (Å²) in [6, 6.07) is 12.2. The molecule has 30 heavy (non-hydrogen) atoms. The predicted octanol–water partition coefficient (Wildman–Crippen LogP) is 3.59. The molecule has 1 aromatic heterocycles. The molecule has 3 aromatic rings. The van der Waals surface area contributed by atoms with E-state index in [0.717, 1.165) is 0 Å². The normalized spacial score (nSPS) is 10.4. The van der Waals surface area contributed by atoms with E-state index in [1.54, 1.807) is 69.8 Å². The summed E-state index contributed by atoms with van der Waals surface area (Å²) in [7, 11) is 4.79. The molecule has 0 aliphatic heterocycles. The van der Waals surface area contributed by atoms with Crippen molar-refractivity contribution >= 4 is 5.91 Å². The van der Waals surface area contributed by atoms with E-state index < -0.39 is 0 Å². The summed E-state index contributed by atoms with van der Waals surface area (Å²) in [5, 5.41) is 8.11. The lowest BCUT2D eigenvalue weighted by molar-refractivity contribution is 0.0773. The largest absolute Gasteiger partial charge is 0.493 e. The van der Waals surface area contributed by atoms with E-state index in [-0.39, 0.29) is 12.5 Å². The minimum atomic E-state index is -0.170. The molecule has 0 atom stereocenters. The Hall–Kier alpha value is -3.81. The van der Waals surface area contributed by atoms with Crippen molar-refractivity contribution in [2.24, 2.45) is 0 Å². The van der Waals surface area contributed by atoms with Gasteiger partial charge in [-0.1, -0.05) is 12.7 Å². The first-order valence-electron chi connectivity index (χ1n) is 9.19. The zero-order valence-corrected chi connectivity index (χ0v) is 17.1. The smallest absolute Gasteiger partial charge is 0.254 e. The fourth-order valence-corrected chi connectivity index (χ4v) is 2.75. The molecule has 0 spiro atoms. The van der Waals surface area contributed by atoms with Gasteiger partial charge in [-0.3, -0.25) is 4.79 Å². The summed E-state index contributed by atoms with van der Waals surface area (Å²) in [5.74, 6) is 2.31. The minimum Gasteiger partial charge on any atom is -0.493 e. The first-order chi connectivity index (χ1) is 14.5. The number of benzene rings is 2. The Bertz CT molecular complexity index is 1010. The van der Waals surface area contributed by atoms with Crippen LogP contribution in [0.4, 0.5) is 0 Å². The van der Waals surface area contributed by atoms with Gasteiger partial charge in [0.15, 0.2) is 11.5 Å². The first-order valence-corrected chi connectivity index (χ1v) is 9.19. The number of carbonyl (C=O) groups excluding carboxylic acids is 1. The van der Waals surface area contributed by atoms with Crippen LogP contribution >= 0.6 is 0 Å². The molecule has 0 N–H and O–H groups in total. The average molecular weight is 409 g/mol. The quantitative estimate of drug-likeness (QED) is 0.499. The maximum atomic E-state index is 12.7. The van der Waals surface area contributed by atoms with Gasteiger partial charge in [-0.25, -0.2) is 0 Å². The van der Waals surface area contributed by atoms with Crippen molar-refractivity contribution in [3.05, 3.63) is 66.6 Å². The molecule has 0 saturated heterocycles. The third kappa shape index (κ3) is 4.78. The standard InChI is InChI=1S/C22H23N3O5/c1-5-12-29-17-9-6-15(7-10-17)22(26)25(2)14-20-23-24-21(30-20)16-8-11-18(27-3)19(13-16)28-4/h5-11,13H,1,12,14H2,2-4H3. The third-order valence-electron chi connectivity index (χ3n) is 4.29. The number of hydrogen-bond donors (Lipinski definition) is 0. The van der Waals surface area contributed by atoms with Crippen molar-refractivity contribution in [3.63, 3.8) is 0 Å². The van der Waals surface area contributed by atoms with Gasteiger partial charge in [0.25, 0.3) is 5.91 Å². The van der Waals surface area contributed by atoms with Crippen molar-refractivity contribution in [2.45, 2.75) is 6.54 Å². The Balaban J connectivity index is 1.67. The molecule has 0 aliphatic carbocycles. The summed E-state index contributed by atoms with van der Waals surface area (Å²) in [5.41, 5.74) is 1.22. The molecular formula is C22H23N3O5. The van der Waals surface area contributed by atoms with Gasteiger partial charge in [0.2, 0.25) is 11.8 Å². The monoisotopic (exact) mass is 409 g/mol. The fraction of sp³-hybridized carbons (Fsp3) is 0.227. The maximum absolute atomic E-state index is 12.7. The number of aromatic nitrogens is 2. The summed E-state index contributed by atoms with van der Waals surface area (Å²) < 4.78 is 21.7. The van der Waals surface area contributed by atoms with E-state index in [4.69, 9.17) is 18.6 Å². The number of nitrogens with zero attached hydrogens (tertiary/aromatic N) is 3. The maximum Gasteiger partial charge on any atom is 0.254 e. The molecule has 2 aromatic carbocycles. The molecule has 0 aliphatic rings. The van der Waals surface area contributed by atoms with Crippen LogP contribution in [-0.2, 0) is 6.54 Å². The van der Waals surface area contributed by atoms with Gasteiger partial charge < -0.3 is 23.5 Å².